The number of aliphatic hydroxyl groups excluding tert-OH is 1. The quantitative estimate of drug-likeness (QED) is 0.0588. The molecule has 2 aliphatic carbocycles. The molecule has 0 bridgehead atoms. The first-order valence-electron chi connectivity index (χ1n) is 20.3. The summed E-state index contributed by atoms with van der Waals surface area (Å²) in [6.45, 7) is 18.6. The summed E-state index contributed by atoms with van der Waals surface area (Å²) in [5.41, 5.74) is 11.6. The maximum absolute atomic E-state index is 11.7. The van der Waals surface area contributed by atoms with Crippen LogP contribution < -0.4 is 5.73 Å². The highest BCUT2D eigenvalue weighted by Gasteiger charge is 2.29. The molecule has 0 saturated heterocycles. The summed E-state index contributed by atoms with van der Waals surface area (Å²) >= 11 is 0. The lowest BCUT2D eigenvalue weighted by atomic mass is 9.70. The van der Waals surface area contributed by atoms with Crippen LogP contribution in [0.5, 0.6) is 0 Å². The van der Waals surface area contributed by atoms with Crippen LogP contribution in [0.15, 0.2) is 65.8 Å². The number of esters is 1. The summed E-state index contributed by atoms with van der Waals surface area (Å²) in [5, 5.41) is 11.8. The van der Waals surface area contributed by atoms with Gasteiger partial charge in [0, 0.05) is 0 Å². The molecule has 6 heteroatoms. The molecule has 1 saturated carbocycles. The van der Waals surface area contributed by atoms with E-state index in [1.807, 2.05) is 6.79 Å². The average Bonchev–Trinajstić information content (AvgIpc) is 3.18. The van der Waals surface area contributed by atoms with Crippen LogP contribution in [0.1, 0.15) is 149 Å². The third-order valence-corrected chi connectivity index (χ3v) is 11.4. The number of aryl methyl sites for hydroxylation is 1. The van der Waals surface area contributed by atoms with Crippen LogP contribution in [0.2, 0.25) is 0 Å². The molecule has 2 unspecified atom stereocenters. The summed E-state index contributed by atoms with van der Waals surface area (Å²) in [5.74, 6) is 2.82. The van der Waals surface area contributed by atoms with Gasteiger partial charge < -0.3 is 20.4 Å². The molecule has 53 heavy (non-hydrogen) atoms. The number of nitrogens with two attached hydrogens (primary N) is 1. The minimum absolute atomic E-state index is 0.139. The molecule has 1 fully saturated rings. The molecular formula is C47H73NO5. The maximum atomic E-state index is 11.7. The number of amides is 1. The Morgan fingerprint density at radius 2 is 1.55 bits per heavy atom. The van der Waals surface area contributed by atoms with Crippen molar-refractivity contribution < 1.29 is 24.2 Å². The van der Waals surface area contributed by atoms with Crippen molar-refractivity contribution in [2.75, 3.05) is 13.2 Å². The van der Waals surface area contributed by atoms with Crippen LogP contribution in [0, 0.1) is 23.7 Å². The van der Waals surface area contributed by atoms with Crippen molar-refractivity contribution in [2.45, 2.75) is 144 Å². The normalized spacial score (nSPS) is 18.3. The highest BCUT2D eigenvalue weighted by atomic mass is 16.5. The monoisotopic (exact) mass is 732 g/mol. The SMILES string of the molecule is C=C(CO)C(=O)OCCC(CC)CCCC1CCC(C2CC=C(c3ccc4cc(CCCCC)ccc4c3)CC2)CC1.C=O.CC(C)=C(C)C.NC=O. The first-order chi connectivity index (χ1) is 25.6. The maximum Gasteiger partial charge on any atom is 0.335 e. The second-order valence-corrected chi connectivity index (χ2v) is 15.4. The van der Waals surface area contributed by atoms with Gasteiger partial charge in [-0.05, 0) is 136 Å². The molecule has 1 amide bonds. The Bertz CT molecular complexity index is 1400. The number of hydrogen-bond donors (Lipinski definition) is 2. The molecule has 2 atom stereocenters. The molecule has 6 nitrogen and oxygen atoms in total. The van der Waals surface area contributed by atoms with Crippen molar-refractivity contribution in [1.82, 2.24) is 0 Å². The van der Waals surface area contributed by atoms with E-state index < -0.39 is 5.97 Å². The molecule has 0 aromatic heterocycles. The van der Waals surface area contributed by atoms with Crippen molar-refractivity contribution in [3.8, 4) is 0 Å². The zero-order chi connectivity index (χ0) is 39.6. The van der Waals surface area contributed by atoms with E-state index in [2.05, 4.69) is 96.3 Å². The fourth-order valence-corrected chi connectivity index (χ4v) is 7.46. The number of benzene rings is 2. The number of fused-ring (bicyclic) bond motifs is 1. The third kappa shape index (κ3) is 18.4. The van der Waals surface area contributed by atoms with Crippen molar-refractivity contribution >= 4 is 35.5 Å². The van der Waals surface area contributed by atoms with Crippen LogP contribution in [-0.2, 0) is 25.5 Å². The van der Waals surface area contributed by atoms with Gasteiger partial charge in [-0.15, -0.1) is 0 Å². The zero-order valence-corrected chi connectivity index (χ0v) is 34.2. The molecule has 0 aliphatic heterocycles. The van der Waals surface area contributed by atoms with E-state index in [0.29, 0.717) is 12.5 Å². The number of rotatable bonds is 16. The number of aliphatic hydroxyl groups is 1. The molecule has 0 radical (unpaired) electrons. The lowest BCUT2D eigenvalue weighted by Crippen LogP contribution is -2.23. The van der Waals surface area contributed by atoms with Crippen LogP contribution in [0.3, 0.4) is 0 Å². The van der Waals surface area contributed by atoms with Gasteiger partial charge in [-0.3, -0.25) is 4.79 Å². The minimum atomic E-state index is -0.464. The number of unbranched alkanes of at least 4 members (excludes halogenated alkanes) is 2. The number of ether oxygens (including phenoxy) is 1. The Balaban J connectivity index is 0.00000113. The lowest BCUT2D eigenvalue weighted by Gasteiger charge is -2.35. The van der Waals surface area contributed by atoms with E-state index in [0.717, 1.165) is 30.6 Å². The van der Waals surface area contributed by atoms with Gasteiger partial charge in [0.2, 0.25) is 6.41 Å². The van der Waals surface area contributed by atoms with Crippen molar-refractivity contribution in [2.24, 2.45) is 29.4 Å². The van der Waals surface area contributed by atoms with Gasteiger partial charge in [0.25, 0.3) is 0 Å². The Kier molecular flexibility index (Phi) is 25.1. The molecule has 0 spiro atoms. The molecule has 3 N–H and O–H groups in total. The van der Waals surface area contributed by atoms with Crippen LogP contribution in [-0.4, -0.2) is 37.5 Å². The summed E-state index contributed by atoms with van der Waals surface area (Å²) in [6, 6.07) is 14.2. The first-order valence-corrected chi connectivity index (χ1v) is 20.3. The number of carbonyl (C=O) groups excluding carboxylic acids is 3. The molecule has 0 heterocycles. The van der Waals surface area contributed by atoms with Gasteiger partial charge in [0.15, 0.2) is 0 Å². The summed E-state index contributed by atoms with van der Waals surface area (Å²) in [4.78, 5) is 28.3. The van der Waals surface area contributed by atoms with Crippen LogP contribution in [0.25, 0.3) is 16.3 Å². The average molecular weight is 732 g/mol. The van der Waals surface area contributed by atoms with Crippen molar-refractivity contribution in [3.05, 3.63) is 76.9 Å². The summed E-state index contributed by atoms with van der Waals surface area (Å²) < 4.78 is 5.26. The number of hydrogen-bond acceptors (Lipinski definition) is 5. The first kappa shape index (κ1) is 47.5. The zero-order valence-electron chi connectivity index (χ0n) is 34.2. The van der Waals surface area contributed by atoms with Gasteiger partial charge in [-0.25, -0.2) is 4.79 Å². The standard InChI is InChI=1S/C39H56O3.C6H12.CH3NO.CH2O/c1-4-6-7-9-32-14-17-38-27-37(23-22-36(38)26-32)35-20-18-34(19-21-35)33-15-12-31(13-16-33)11-8-10-30(5-2)24-25-42-39(41)29(3)28-40;1-5(2)6(3)4;2-1-3;1-2/h14,17,20,22-23,26-27,30-31,33-34,40H,3-13,15-16,18-19,21,24-25,28H2,1-2H3;1-4H3;1H,(H2,2,3);1H2. The van der Waals surface area contributed by atoms with E-state index in [4.69, 9.17) is 19.4 Å². The number of allylic oxidation sites excluding steroid dienone is 4. The smallest absolute Gasteiger partial charge is 0.335 e. The Morgan fingerprint density at radius 1 is 0.906 bits per heavy atom. The molecule has 296 valence electrons. The second kappa shape index (κ2) is 28.0. The Labute approximate surface area is 322 Å². The fourth-order valence-electron chi connectivity index (χ4n) is 7.46. The molecule has 2 aliphatic rings. The van der Waals surface area contributed by atoms with Gasteiger partial charge in [0.1, 0.15) is 6.79 Å². The minimum Gasteiger partial charge on any atom is -0.462 e. The second-order valence-electron chi connectivity index (χ2n) is 15.4. The van der Waals surface area contributed by atoms with E-state index in [1.54, 1.807) is 5.57 Å². The topological polar surface area (TPSA) is 107 Å². The van der Waals surface area contributed by atoms with E-state index in [1.165, 1.54) is 123 Å². The number of primary amides is 1. The van der Waals surface area contributed by atoms with Gasteiger partial charge in [0.05, 0.1) is 18.8 Å². The third-order valence-electron chi connectivity index (χ3n) is 11.4. The van der Waals surface area contributed by atoms with Gasteiger partial charge in [-0.2, -0.15) is 0 Å². The molecular weight excluding hydrogens is 659 g/mol. The Hall–Kier alpha value is -3.51. The summed E-state index contributed by atoms with van der Waals surface area (Å²) in [7, 11) is 0. The van der Waals surface area contributed by atoms with Crippen LogP contribution >= 0.6 is 0 Å². The predicted octanol–water partition coefficient (Wildman–Crippen LogP) is 11.5. The fraction of sp³-hybridized carbons (Fsp3) is 0.596. The van der Waals surface area contributed by atoms with E-state index in [-0.39, 0.29) is 18.6 Å². The molecule has 4 rings (SSSR count). The lowest BCUT2D eigenvalue weighted by molar-refractivity contribution is -0.139. The number of carbonyl (C=O) groups is 3. The Morgan fingerprint density at radius 3 is 2.11 bits per heavy atom. The van der Waals surface area contributed by atoms with Gasteiger partial charge in [-0.1, -0.05) is 119 Å². The van der Waals surface area contributed by atoms with Crippen molar-refractivity contribution in [1.29, 1.82) is 0 Å². The molecule has 2 aromatic rings. The van der Waals surface area contributed by atoms with E-state index in [9.17, 15) is 4.79 Å². The highest BCUT2D eigenvalue weighted by molar-refractivity contribution is 5.88. The van der Waals surface area contributed by atoms with E-state index >= 15 is 0 Å². The van der Waals surface area contributed by atoms with Crippen molar-refractivity contribution in [3.63, 3.8) is 0 Å². The summed E-state index contributed by atoms with van der Waals surface area (Å²) in [6.07, 6.45) is 23.3. The predicted molar refractivity (Wildman–Crippen MR) is 224 cm³/mol. The largest absolute Gasteiger partial charge is 0.462 e. The molecule has 2 aromatic carbocycles. The van der Waals surface area contributed by atoms with Crippen LogP contribution in [0.4, 0.5) is 0 Å². The highest BCUT2D eigenvalue weighted by Crippen LogP contribution is 2.42. The van der Waals surface area contributed by atoms with Gasteiger partial charge >= 0.3 is 5.97 Å².